The molecular weight excluding hydrogens is 148 g/mol. The molecule has 1 fully saturated rings. The first-order chi connectivity index (χ1) is 5.79. The van der Waals surface area contributed by atoms with Gasteiger partial charge in [0.15, 0.2) is 0 Å². The first-order valence-corrected chi connectivity index (χ1v) is 4.55. The van der Waals surface area contributed by atoms with Crippen LogP contribution in [0.15, 0.2) is 25.3 Å². The summed E-state index contributed by atoms with van der Waals surface area (Å²) < 4.78 is 0. The van der Waals surface area contributed by atoms with E-state index < -0.39 is 0 Å². The molecule has 0 N–H and O–H groups in total. The smallest absolute Gasteiger partial charge is 0.139 e. The molecule has 0 aromatic carbocycles. The van der Waals surface area contributed by atoms with Crippen molar-refractivity contribution in [2.24, 2.45) is 11.8 Å². The highest BCUT2D eigenvalue weighted by Gasteiger charge is 2.31. The first kappa shape index (κ1) is 9.24. The number of Topliss-reactive ketones (excluding diaryl/α,β-unsaturated/α-hetero) is 1. The molecule has 1 aliphatic rings. The van der Waals surface area contributed by atoms with Crippen LogP contribution in [0.3, 0.4) is 0 Å². The van der Waals surface area contributed by atoms with E-state index in [-0.39, 0.29) is 11.8 Å². The van der Waals surface area contributed by atoms with E-state index in [9.17, 15) is 4.79 Å². The predicted molar refractivity (Wildman–Crippen MR) is 50.8 cm³/mol. The van der Waals surface area contributed by atoms with Crippen molar-refractivity contribution in [1.29, 1.82) is 0 Å². The van der Waals surface area contributed by atoms with Gasteiger partial charge in [0.2, 0.25) is 0 Å². The lowest BCUT2D eigenvalue weighted by molar-refractivity contribution is -0.123. The Morgan fingerprint density at radius 2 is 1.58 bits per heavy atom. The monoisotopic (exact) mass is 164 g/mol. The van der Waals surface area contributed by atoms with Crippen LogP contribution in [0.4, 0.5) is 0 Å². The third kappa shape index (κ3) is 1.84. The molecule has 0 aliphatic heterocycles. The van der Waals surface area contributed by atoms with Crippen LogP contribution in [0.2, 0.25) is 0 Å². The second-order valence-electron chi connectivity index (χ2n) is 3.42. The molecule has 0 unspecified atom stereocenters. The summed E-state index contributed by atoms with van der Waals surface area (Å²) in [5, 5.41) is 0. The molecule has 1 aliphatic carbocycles. The maximum absolute atomic E-state index is 11.6. The maximum atomic E-state index is 11.6. The molecule has 12 heavy (non-hydrogen) atoms. The predicted octanol–water partition coefficient (Wildman–Crippen LogP) is 2.73. The topological polar surface area (TPSA) is 17.1 Å². The molecule has 0 radical (unpaired) electrons. The number of hydrogen-bond donors (Lipinski definition) is 0. The van der Waals surface area contributed by atoms with Gasteiger partial charge in [0.1, 0.15) is 5.78 Å². The molecule has 1 heteroatoms. The summed E-state index contributed by atoms with van der Waals surface area (Å²) in [5.74, 6) is 0.940. The molecule has 2 atom stereocenters. The lowest BCUT2D eigenvalue weighted by Crippen LogP contribution is -2.12. The highest BCUT2D eigenvalue weighted by atomic mass is 16.1. The van der Waals surface area contributed by atoms with Crippen molar-refractivity contribution >= 4 is 5.78 Å². The van der Waals surface area contributed by atoms with Crippen LogP contribution in [-0.2, 0) is 4.79 Å². The van der Waals surface area contributed by atoms with Crippen LogP contribution in [0, 0.1) is 11.8 Å². The summed E-state index contributed by atoms with van der Waals surface area (Å²) in [6.45, 7) is 7.31. The number of carbonyl (C=O) groups excluding carboxylic acids is 1. The summed E-state index contributed by atoms with van der Waals surface area (Å²) in [7, 11) is 0. The van der Waals surface area contributed by atoms with E-state index in [4.69, 9.17) is 0 Å². The minimum absolute atomic E-state index is 0.257. The second-order valence-corrected chi connectivity index (χ2v) is 3.42. The molecule has 0 spiro atoms. The standard InChI is InChI=1S/C11H16O/c1-3-5-9-7-8-10(6-4-2)11(9)12/h3-4,9-10H,1-2,5-8H2/t9-,10-/m0/s1. The largest absolute Gasteiger partial charge is 0.299 e. The van der Waals surface area contributed by atoms with E-state index in [0.717, 1.165) is 25.7 Å². The fraction of sp³-hybridized carbons (Fsp3) is 0.545. The van der Waals surface area contributed by atoms with Crippen molar-refractivity contribution in [3.63, 3.8) is 0 Å². The van der Waals surface area contributed by atoms with Crippen molar-refractivity contribution in [2.75, 3.05) is 0 Å². The molecule has 1 saturated carbocycles. The van der Waals surface area contributed by atoms with E-state index in [1.165, 1.54) is 0 Å². The minimum atomic E-state index is 0.257. The Labute approximate surface area is 74.2 Å². The SMILES string of the molecule is C=CC[C@H]1CC[C@H](CC=C)C1=O. The van der Waals surface area contributed by atoms with Gasteiger partial charge in [-0.3, -0.25) is 4.79 Å². The van der Waals surface area contributed by atoms with Gasteiger partial charge in [-0.25, -0.2) is 0 Å². The van der Waals surface area contributed by atoms with Gasteiger partial charge in [-0.2, -0.15) is 0 Å². The lowest BCUT2D eigenvalue weighted by atomic mass is 9.98. The van der Waals surface area contributed by atoms with Crippen LogP contribution in [-0.4, -0.2) is 5.78 Å². The normalized spacial score (nSPS) is 28.8. The molecule has 66 valence electrons. The molecule has 0 saturated heterocycles. The van der Waals surface area contributed by atoms with Gasteiger partial charge in [-0.05, 0) is 25.7 Å². The van der Waals surface area contributed by atoms with E-state index in [0.29, 0.717) is 5.78 Å². The minimum Gasteiger partial charge on any atom is -0.299 e. The second kappa shape index (κ2) is 4.24. The van der Waals surface area contributed by atoms with Crippen LogP contribution >= 0.6 is 0 Å². The molecule has 0 aromatic rings. The van der Waals surface area contributed by atoms with Crippen molar-refractivity contribution in [3.8, 4) is 0 Å². The summed E-state index contributed by atoms with van der Waals surface area (Å²) in [6.07, 6.45) is 7.49. The molecule has 0 amide bonds. The highest BCUT2D eigenvalue weighted by Crippen LogP contribution is 2.31. The van der Waals surface area contributed by atoms with Gasteiger partial charge in [0.25, 0.3) is 0 Å². The summed E-state index contributed by atoms with van der Waals surface area (Å²) in [6, 6.07) is 0. The van der Waals surface area contributed by atoms with E-state index in [1.54, 1.807) is 0 Å². The average molecular weight is 164 g/mol. The maximum Gasteiger partial charge on any atom is 0.139 e. The average Bonchev–Trinajstić information content (AvgIpc) is 2.38. The van der Waals surface area contributed by atoms with Crippen LogP contribution in [0.25, 0.3) is 0 Å². The highest BCUT2D eigenvalue weighted by molar-refractivity contribution is 5.85. The van der Waals surface area contributed by atoms with Crippen molar-refractivity contribution in [1.82, 2.24) is 0 Å². The Bertz CT molecular complexity index is 173. The fourth-order valence-corrected chi connectivity index (χ4v) is 1.89. The van der Waals surface area contributed by atoms with Crippen LogP contribution in [0.1, 0.15) is 25.7 Å². The van der Waals surface area contributed by atoms with Gasteiger partial charge in [-0.1, -0.05) is 12.2 Å². The number of carbonyl (C=O) groups is 1. The molecule has 0 aromatic heterocycles. The molecule has 1 nitrogen and oxygen atoms in total. The Morgan fingerprint density at radius 3 is 1.92 bits per heavy atom. The van der Waals surface area contributed by atoms with E-state index >= 15 is 0 Å². The number of allylic oxidation sites excluding steroid dienone is 2. The lowest BCUT2D eigenvalue weighted by Gasteiger charge is -2.05. The van der Waals surface area contributed by atoms with Crippen molar-refractivity contribution < 1.29 is 4.79 Å². The fourth-order valence-electron chi connectivity index (χ4n) is 1.89. The molecule has 0 bridgehead atoms. The zero-order chi connectivity index (χ0) is 8.97. The number of ketones is 1. The van der Waals surface area contributed by atoms with Crippen molar-refractivity contribution in [3.05, 3.63) is 25.3 Å². The summed E-state index contributed by atoms with van der Waals surface area (Å²) >= 11 is 0. The zero-order valence-corrected chi connectivity index (χ0v) is 7.46. The quantitative estimate of drug-likeness (QED) is 0.584. The van der Waals surface area contributed by atoms with E-state index in [2.05, 4.69) is 13.2 Å². The van der Waals surface area contributed by atoms with E-state index in [1.807, 2.05) is 12.2 Å². The number of rotatable bonds is 4. The molecule has 1 rings (SSSR count). The summed E-state index contributed by atoms with van der Waals surface area (Å²) in [4.78, 5) is 11.6. The zero-order valence-electron chi connectivity index (χ0n) is 7.46. The van der Waals surface area contributed by atoms with Gasteiger partial charge >= 0.3 is 0 Å². The number of hydrogen-bond acceptors (Lipinski definition) is 1. The van der Waals surface area contributed by atoms with Gasteiger partial charge in [0.05, 0.1) is 0 Å². The Kier molecular flexibility index (Phi) is 3.27. The molecular formula is C11H16O. The third-order valence-corrected chi connectivity index (χ3v) is 2.57. The summed E-state index contributed by atoms with van der Waals surface area (Å²) in [5.41, 5.74) is 0. The third-order valence-electron chi connectivity index (χ3n) is 2.57. The van der Waals surface area contributed by atoms with Crippen molar-refractivity contribution in [2.45, 2.75) is 25.7 Å². The van der Waals surface area contributed by atoms with Crippen LogP contribution in [0.5, 0.6) is 0 Å². The Balaban J connectivity index is 2.48. The van der Waals surface area contributed by atoms with Gasteiger partial charge < -0.3 is 0 Å². The first-order valence-electron chi connectivity index (χ1n) is 4.55. The Hall–Kier alpha value is -0.850. The van der Waals surface area contributed by atoms with Gasteiger partial charge in [0, 0.05) is 11.8 Å². The molecule has 0 heterocycles. The van der Waals surface area contributed by atoms with Crippen LogP contribution < -0.4 is 0 Å². The Morgan fingerprint density at radius 1 is 1.17 bits per heavy atom. The van der Waals surface area contributed by atoms with Gasteiger partial charge in [-0.15, -0.1) is 13.2 Å².